The number of hydrogen-bond acceptors (Lipinski definition) is 4. The van der Waals surface area contributed by atoms with Crippen LogP contribution in [0.2, 0.25) is 0 Å². The summed E-state index contributed by atoms with van der Waals surface area (Å²) in [6, 6.07) is 4.40. The van der Waals surface area contributed by atoms with Crippen molar-refractivity contribution in [2.24, 2.45) is 5.92 Å². The molecule has 29 heavy (non-hydrogen) atoms. The summed E-state index contributed by atoms with van der Waals surface area (Å²) in [5.41, 5.74) is 4.80. The van der Waals surface area contributed by atoms with Gasteiger partial charge < -0.3 is 14.4 Å². The van der Waals surface area contributed by atoms with Crippen LogP contribution in [-0.4, -0.2) is 52.3 Å². The Labute approximate surface area is 179 Å². The molecule has 1 fully saturated rings. The normalized spacial score (nSPS) is 22.3. The Kier molecular flexibility index (Phi) is 4.51. The number of halogens is 1. The molecular formula is C22H26BrN3O3. The molecule has 1 atom stereocenters. The first-order valence-corrected chi connectivity index (χ1v) is 11.1. The quantitative estimate of drug-likeness (QED) is 0.653. The van der Waals surface area contributed by atoms with Gasteiger partial charge in [-0.3, -0.25) is 9.36 Å². The summed E-state index contributed by atoms with van der Waals surface area (Å²) in [7, 11) is 0. The lowest BCUT2D eigenvalue weighted by Crippen LogP contribution is -2.55. The fourth-order valence-corrected chi connectivity index (χ4v) is 5.29. The topological polar surface area (TPSA) is 56.6 Å². The van der Waals surface area contributed by atoms with Crippen molar-refractivity contribution < 1.29 is 14.3 Å². The Hall–Kier alpha value is -1.86. The number of hydrogen-bond donors (Lipinski definition) is 0. The van der Waals surface area contributed by atoms with E-state index in [1.54, 1.807) is 0 Å². The molecule has 1 aromatic carbocycles. The van der Waals surface area contributed by atoms with Gasteiger partial charge in [0.25, 0.3) is 5.91 Å². The van der Waals surface area contributed by atoms with Gasteiger partial charge in [-0.1, -0.05) is 6.92 Å². The van der Waals surface area contributed by atoms with E-state index in [-0.39, 0.29) is 11.4 Å². The molecule has 3 aliphatic heterocycles. The van der Waals surface area contributed by atoms with Crippen LogP contribution in [0.25, 0.3) is 5.69 Å². The molecular weight excluding hydrogens is 434 g/mol. The monoisotopic (exact) mass is 459 g/mol. The van der Waals surface area contributed by atoms with Gasteiger partial charge in [-0.05, 0) is 78.2 Å². The molecule has 1 amide bonds. The first-order chi connectivity index (χ1) is 13.8. The van der Waals surface area contributed by atoms with Crippen molar-refractivity contribution in [3.05, 3.63) is 39.4 Å². The van der Waals surface area contributed by atoms with Crippen molar-refractivity contribution in [1.82, 2.24) is 14.5 Å². The molecule has 0 spiro atoms. The molecule has 0 aliphatic carbocycles. The summed E-state index contributed by atoms with van der Waals surface area (Å²) < 4.78 is 14.3. The third-order valence-electron chi connectivity index (χ3n) is 6.25. The van der Waals surface area contributed by atoms with Gasteiger partial charge >= 0.3 is 0 Å². The van der Waals surface area contributed by atoms with Crippen LogP contribution >= 0.6 is 15.9 Å². The minimum absolute atomic E-state index is 0.00823. The van der Waals surface area contributed by atoms with E-state index in [9.17, 15) is 4.79 Å². The van der Waals surface area contributed by atoms with E-state index in [2.05, 4.69) is 44.5 Å². The van der Waals surface area contributed by atoms with Crippen LogP contribution in [0.1, 0.15) is 48.1 Å². The second-order valence-electron chi connectivity index (χ2n) is 9.04. The Bertz CT molecular complexity index is 998. The van der Waals surface area contributed by atoms with Crippen molar-refractivity contribution in [2.75, 3.05) is 26.4 Å². The number of amides is 1. The number of aromatic nitrogens is 2. The minimum atomic E-state index is -0.336. The number of carbonyl (C=O) groups is 1. The lowest BCUT2D eigenvalue weighted by Gasteiger charge is -2.41. The fraction of sp³-hybridized carbons (Fsp3) is 0.545. The van der Waals surface area contributed by atoms with Crippen molar-refractivity contribution in [1.29, 1.82) is 0 Å². The number of aryl methyl sites for hydroxylation is 1. The van der Waals surface area contributed by atoms with Crippen molar-refractivity contribution in [3.63, 3.8) is 0 Å². The molecule has 1 unspecified atom stereocenters. The van der Waals surface area contributed by atoms with Gasteiger partial charge in [0.2, 0.25) is 0 Å². The number of nitrogens with zero attached hydrogens (tertiary/aromatic N) is 3. The second kappa shape index (κ2) is 6.84. The molecule has 1 aromatic heterocycles. The van der Waals surface area contributed by atoms with Crippen LogP contribution in [0.4, 0.5) is 0 Å². The van der Waals surface area contributed by atoms with E-state index in [0.717, 1.165) is 43.0 Å². The molecule has 4 heterocycles. The number of carbonyl (C=O) groups excluding carboxylic acids is 1. The average Bonchev–Trinajstić information content (AvgIpc) is 3.02. The molecule has 2 aromatic rings. The minimum Gasteiger partial charge on any atom is -0.493 e. The van der Waals surface area contributed by atoms with Crippen LogP contribution in [0.15, 0.2) is 16.9 Å². The molecule has 0 radical (unpaired) electrons. The summed E-state index contributed by atoms with van der Waals surface area (Å²) in [5, 5.41) is 0. The molecule has 6 nitrogen and oxygen atoms in total. The molecule has 5 rings (SSSR count). The zero-order chi connectivity index (χ0) is 20.3. The maximum absolute atomic E-state index is 13.4. The zero-order valence-corrected chi connectivity index (χ0v) is 18.7. The molecule has 0 bridgehead atoms. The van der Waals surface area contributed by atoms with E-state index in [1.165, 1.54) is 11.1 Å². The SMILES string of the molecule is CC1COc2cc3c(cc2C1)-n1c(Br)nc(C(=O)N2CCOCC2(C)C)c1CC3. The molecule has 1 saturated heterocycles. The Morgan fingerprint density at radius 1 is 1.28 bits per heavy atom. The van der Waals surface area contributed by atoms with Gasteiger partial charge in [0.15, 0.2) is 10.4 Å². The summed E-state index contributed by atoms with van der Waals surface area (Å²) in [6.07, 6.45) is 2.68. The van der Waals surface area contributed by atoms with Crippen LogP contribution in [-0.2, 0) is 24.0 Å². The molecule has 3 aliphatic rings. The van der Waals surface area contributed by atoms with Gasteiger partial charge in [0, 0.05) is 6.54 Å². The summed E-state index contributed by atoms with van der Waals surface area (Å²) >= 11 is 3.63. The van der Waals surface area contributed by atoms with Gasteiger partial charge in [-0.15, -0.1) is 0 Å². The van der Waals surface area contributed by atoms with E-state index in [1.807, 2.05) is 18.7 Å². The highest BCUT2D eigenvalue weighted by molar-refractivity contribution is 9.10. The van der Waals surface area contributed by atoms with E-state index in [4.69, 9.17) is 9.47 Å². The van der Waals surface area contributed by atoms with Gasteiger partial charge in [0.05, 0.1) is 36.7 Å². The lowest BCUT2D eigenvalue weighted by atomic mass is 9.92. The number of imidazole rings is 1. The maximum atomic E-state index is 13.4. The Morgan fingerprint density at radius 3 is 2.90 bits per heavy atom. The number of benzene rings is 1. The van der Waals surface area contributed by atoms with Crippen molar-refractivity contribution in [3.8, 4) is 11.4 Å². The fourth-order valence-electron chi connectivity index (χ4n) is 4.71. The maximum Gasteiger partial charge on any atom is 0.275 e. The number of ether oxygens (including phenoxy) is 2. The smallest absolute Gasteiger partial charge is 0.275 e. The highest BCUT2D eigenvalue weighted by Gasteiger charge is 2.38. The summed E-state index contributed by atoms with van der Waals surface area (Å²) in [6.45, 7) is 8.79. The molecule has 0 N–H and O–H groups in total. The third-order valence-corrected chi connectivity index (χ3v) is 6.78. The van der Waals surface area contributed by atoms with Gasteiger partial charge in [-0.25, -0.2) is 4.98 Å². The van der Waals surface area contributed by atoms with E-state index >= 15 is 0 Å². The van der Waals surface area contributed by atoms with Crippen LogP contribution in [0, 0.1) is 5.92 Å². The number of fused-ring (bicyclic) bond motifs is 4. The number of rotatable bonds is 1. The van der Waals surface area contributed by atoms with Crippen LogP contribution < -0.4 is 4.74 Å². The predicted molar refractivity (Wildman–Crippen MR) is 113 cm³/mol. The molecule has 7 heteroatoms. The van der Waals surface area contributed by atoms with E-state index < -0.39 is 0 Å². The van der Waals surface area contributed by atoms with Crippen molar-refractivity contribution >= 4 is 21.8 Å². The van der Waals surface area contributed by atoms with Crippen LogP contribution in [0.3, 0.4) is 0 Å². The highest BCUT2D eigenvalue weighted by Crippen LogP contribution is 2.38. The second-order valence-corrected chi connectivity index (χ2v) is 9.75. The Morgan fingerprint density at radius 2 is 2.10 bits per heavy atom. The Balaban J connectivity index is 1.57. The first-order valence-electron chi connectivity index (χ1n) is 10.3. The predicted octanol–water partition coefficient (Wildman–Crippen LogP) is 3.56. The molecule has 0 saturated carbocycles. The summed E-state index contributed by atoms with van der Waals surface area (Å²) in [4.78, 5) is 20.0. The largest absolute Gasteiger partial charge is 0.493 e. The third kappa shape index (κ3) is 3.10. The molecule has 154 valence electrons. The van der Waals surface area contributed by atoms with Crippen LogP contribution in [0.5, 0.6) is 5.75 Å². The lowest BCUT2D eigenvalue weighted by molar-refractivity contribution is -0.0373. The number of morpholine rings is 1. The van der Waals surface area contributed by atoms with Crippen molar-refractivity contribution in [2.45, 2.75) is 45.6 Å². The zero-order valence-electron chi connectivity index (χ0n) is 17.1. The van der Waals surface area contributed by atoms with Gasteiger partial charge in [-0.2, -0.15) is 0 Å². The van der Waals surface area contributed by atoms with E-state index in [0.29, 0.717) is 36.1 Å². The highest BCUT2D eigenvalue weighted by atomic mass is 79.9. The van der Waals surface area contributed by atoms with Gasteiger partial charge in [0.1, 0.15) is 5.75 Å². The first kappa shape index (κ1) is 19.1. The summed E-state index contributed by atoms with van der Waals surface area (Å²) in [5.74, 6) is 1.51. The average molecular weight is 460 g/mol. The standard InChI is InChI=1S/C22H26BrN3O3/c1-13-8-15-9-17-14(10-18(15)29-11-13)4-5-16-19(24-21(23)26(16)17)20(27)25-6-7-28-12-22(25,2)3/h9-10,13H,4-8,11-12H2,1-3H3.